The van der Waals surface area contributed by atoms with E-state index < -0.39 is 5.82 Å². The lowest BCUT2D eigenvalue weighted by Gasteiger charge is -2.13. The maximum atomic E-state index is 14.9. The summed E-state index contributed by atoms with van der Waals surface area (Å²) >= 11 is 0. The summed E-state index contributed by atoms with van der Waals surface area (Å²) in [6.45, 7) is 12.5. The number of ether oxygens (including phenoxy) is 3. The van der Waals surface area contributed by atoms with Gasteiger partial charge in [0.15, 0.2) is 23.1 Å². The molecule has 32 heavy (non-hydrogen) atoms. The van der Waals surface area contributed by atoms with E-state index in [0.29, 0.717) is 39.9 Å². The lowest BCUT2D eigenvalue weighted by molar-refractivity contribution is 0.295. The number of aromatic amines is 1. The van der Waals surface area contributed by atoms with Crippen molar-refractivity contribution in [1.82, 2.24) is 15.0 Å². The van der Waals surface area contributed by atoms with Gasteiger partial charge in [-0.25, -0.2) is 14.4 Å². The zero-order valence-electron chi connectivity index (χ0n) is 19.9. The number of rotatable bonds is 6. The van der Waals surface area contributed by atoms with Gasteiger partial charge < -0.3 is 19.2 Å². The second-order valence-electron chi connectivity index (χ2n) is 6.44. The van der Waals surface area contributed by atoms with Gasteiger partial charge in [-0.3, -0.25) is 0 Å². The van der Waals surface area contributed by atoms with Crippen molar-refractivity contribution in [3.05, 3.63) is 48.2 Å². The Bertz CT molecular complexity index is 1160. The fourth-order valence-corrected chi connectivity index (χ4v) is 3.08. The summed E-state index contributed by atoms with van der Waals surface area (Å²) in [6, 6.07) is 8.62. The average Bonchev–Trinajstić information content (AvgIpc) is 3.23. The van der Waals surface area contributed by atoms with Crippen molar-refractivity contribution in [3.8, 4) is 23.1 Å². The Kier molecular flexibility index (Phi) is 9.25. The zero-order valence-corrected chi connectivity index (χ0v) is 19.9. The second kappa shape index (κ2) is 11.9. The number of methoxy groups -OCH3 is 1. The van der Waals surface area contributed by atoms with Crippen molar-refractivity contribution < 1.29 is 18.6 Å². The van der Waals surface area contributed by atoms with Gasteiger partial charge in [-0.2, -0.15) is 0 Å². The minimum absolute atomic E-state index is 0.0942. The number of fused-ring (bicyclic) bond motifs is 2. The minimum atomic E-state index is -0.441. The molecule has 0 saturated heterocycles. The third-order valence-electron chi connectivity index (χ3n) is 4.39. The van der Waals surface area contributed by atoms with E-state index in [1.165, 1.54) is 6.33 Å². The van der Waals surface area contributed by atoms with Crippen molar-refractivity contribution in [2.24, 2.45) is 0 Å². The summed E-state index contributed by atoms with van der Waals surface area (Å²) in [7, 11) is 1.56. The molecule has 0 fully saturated rings. The summed E-state index contributed by atoms with van der Waals surface area (Å²) in [5.74, 6) is 1.03. The Morgan fingerprint density at radius 1 is 0.938 bits per heavy atom. The van der Waals surface area contributed by atoms with E-state index in [0.717, 1.165) is 12.1 Å². The van der Waals surface area contributed by atoms with Crippen LogP contribution >= 0.6 is 0 Å². The number of benzene rings is 2. The van der Waals surface area contributed by atoms with Crippen molar-refractivity contribution in [3.63, 3.8) is 0 Å². The van der Waals surface area contributed by atoms with Gasteiger partial charge in [0, 0.05) is 22.7 Å². The topological polar surface area (TPSA) is 69.3 Å². The molecule has 2 heterocycles. The predicted octanol–water partition coefficient (Wildman–Crippen LogP) is 7.20. The first-order valence-corrected chi connectivity index (χ1v) is 11.0. The van der Waals surface area contributed by atoms with Crippen LogP contribution in [0.4, 0.5) is 4.39 Å². The highest BCUT2D eigenvalue weighted by Crippen LogP contribution is 2.37. The van der Waals surface area contributed by atoms with E-state index in [2.05, 4.69) is 15.0 Å². The van der Waals surface area contributed by atoms with E-state index in [1.807, 2.05) is 41.5 Å². The number of nitrogens with zero attached hydrogens (tertiary/aromatic N) is 2. The third-order valence-corrected chi connectivity index (χ3v) is 4.39. The highest BCUT2D eigenvalue weighted by molar-refractivity contribution is 5.87. The van der Waals surface area contributed by atoms with Crippen molar-refractivity contribution in [2.75, 3.05) is 13.7 Å². The maximum Gasteiger partial charge on any atom is 0.230 e. The summed E-state index contributed by atoms with van der Waals surface area (Å²) in [6.07, 6.45) is 2.25. The first kappa shape index (κ1) is 24.9. The quantitative estimate of drug-likeness (QED) is 0.343. The molecule has 4 aromatic rings. The molecular weight excluding hydrogens is 409 g/mol. The SMILES string of the molecule is CC.CC.CCCOc1cc2ncnc(Oc3ccc4[nH]c(C)cc4c3F)c2cc1OC. The standard InChI is InChI=1S/C21H20FN3O3.2C2H6/c1-4-7-27-19-10-16-14(9-18(19)26-3)21(24-11-23-16)28-17-6-5-15-13(20(17)22)8-12(2)25-15;2*1-2/h5-6,8-11,25H,4,7H2,1-3H3;2*1-2H3. The van der Waals surface area contributed by atoms with Crippen LogP contribution in [-0.2, 0) is 0 Å². The molecule has 7 heteroatoms. The zero-order chi connectivity index (χ0) is 23.7. The van der Waals surface area contributed by atoms with E-state index in [4.69, 9.17) is 14.2 Å². The van der Waals surface area contributed by atoms with Crippen LogP contribution in [0.5, 0.6) is 23.1 Å². The van der Waals surface area contributed by atoms with E-state index in [-0.39, 0.29) is 11.6 Å². The van der Waals surface area contributed by atoms with Gasteiger partial charge >= 0.3 is 0 Å². The summed E-state index contributed by atoms with van der Waals surface area (Å²) in [5, 5.41) is 1.08. The molecule has 2 aromatic heterocycles. The van der Waals surface area contributed by atoms with Crippen LogP contribution < -0.4 is 14.2 Å². The van der Waals surface area contributed by atoms with Gasteiger partial charge in [-0.05, 0) is 37.6 Å². The van der Waals surface area contributed by atoms with E-state index in [1.54, 1.807) is 37.4 Å². The molecule has 0 spiro atoms. The van der Waals surface area contributed by atoms with Gasteiger partial charge in [0.2, 0.25) is 5.88 Å². The van der Waals surface area contributed by atoms with Gasteiger partial charge in [0.25, 0.3) is 0 Å². The normalized spacial score (nSPS) is 10.1. The first-order chi connectivity index (χ1) is 15.6. The van der Waals surface area contributed by atoms with Gasteiger partial charge in [-0.15, -0.1) is 0 Å². The fourth-order valence-electron chi connectivity index (χ4n) is 3.08. The second-order valence-corrected chi connectivity index (χ2v) is 6.44. The molecule has 0 saturated carbocycles. The molecule has 0 unspecified atom stereocenters. The number of hydrogen-bond donors (Lipinski definition) is 1. The van der Waals surface area contributed by atoms with Crippen LogP contribution in [-0.4, -0.2) is 28.7 Å². The van der Waals surface area contributed by atoms with Crippen molar-refractivity contribution in [1.29, 1.82) is 0 Å². The van der Waals surface area contributed by atoms with E-state index in [9.17, 15) is 4.39 Å². The van der Waals surface area contributed by atoms with Gasteiger partial charge in [0.05, 0.1) is 24.6 Å². The lowest BCUT2D eigenvalue weighted by atomic mass is 10.2. The molecule has 1 N–H and O–H groups in total. The Morgan fingerprint density at radius 3 is 2.38 bits per heavy atom. The highest BCUT2D eigenvalue weighted by Gasteiger charge is 2.16. The Morgan fingerprint density at radius 2 is 1.69 bits per heavy atom. The van der Waals surface area contributed by atoms with Gasteiger partial charge in [-0.1, -0.05) is 34.6 Å². The number of H-pyrrole nitrogens is 1. The Balaban J connectivity index is 0.000000860. The van der Waals surface area contributed by atoms with Crippen molar-refractivity contribution >= 4 is 21.8 Å². The monoisotopic (exact) mass is 441 g/mol. The van der Waals surface area contributed by atoms with Crippen LogP contribution in [0, 0.1) is 12.7 Å². The number of nitrogens with one attached hydrogen (secondary N) is 1. The molecule has 0 amide bonds. The molecule has 0 aliphatic carbocycles. The number of halogens is 1. The highest BCUT2D eigenvalue weighted by atomic mass is 19.1. The average molecular weight is 442 g/mol. The molecule has 0 radical (unpaired) electrons. The van der Waals surface area contributed by atoms with Crippen LogP contribution in [0.1, 0.15) is 46.7 Å². The smallest absolute Gasteiger partial charge is 0.230 e. The van der Waals surface area contributed by atoms with E-state index >= 15 is 0 Å². The van der Waals surface area contributed by atoms with Crippen LogP contribution in [0.25, 0.3) is 21.8 Å². The van der Waals surface area contributed by atoms with Crippen LogP contribution in [0.3, 0.4) is 0 Å². The minimum Gasteiger partial charge on any atom is -0.493 e. The largest absolute Gasteiger partial charge is 0.493 e. The maximum absolute atomic E-state index is 14.9. The number of aryl methyl sites for hydroxylation is 1. The van der Waals surface area contributed by atoms with Crippen LogP contribution in [0.2, 0.25) is 0 Å². The molecule has 0 atom stereocenters. The first-order valence-electron chi connectivity index (χ1n) is 11.0. The number of aromatic nitrogens is 3. The summed E-state index contributed by atoms with van der Waals surface area (Å²) in [4.78, 5) is 11.6. The summed E-state index contributed by atoms with van der Waals surface area (Å²) in [5.41, 5.74) is 2.22. The third kappa shape index (κ3) is 5.28. The fraction of sp³-hybridized carbons (Fsp3) is 0.360. The molecule has 0 bridgehead atoms. The molecule has 172 valence electrons. The molecule has 4 rings (SSSR count). The lowest BCUT2D eigenvalue weighted by Crippen LogP contribution is -1.99. The molecule has 6 nitrogen and oxygen atoms in total. The van der Waals surface area contributed by atoms with Crippen LogP contribution in [0.15, 0.2) is 36.7 Å². The van der Waals surface area contributed by atoms with Gasteiger partial charge in [0.1, 0.15) is 6.33 Å². The molecular formula is C25H32FN3O3. The van der Waals surface area contributed by atoms with Crippen molar-refractivity contribution in [2.45, 2.75) is 48.0 Å². The number of hydrogen-bond acceptors (Lipinski definition) is 5. The Labute approximate surface area is 188 Å². The summed E-state index contributed by atoms with van der Waals surface area (Å²) < 4.78 is 31.9. The molecule has 2 aromatic carbocycles. The Hall–Kier alpha value is -3.35. The molecule has 0 aliphatic heterocycles. The molecule has 0 aliphatic rings. The predicted molar refractivity (Wildman–Crippen MR) is 128 cm³/mol.